The van der Waals surface area contributed by atoms with Gasteiger partial charge in [0, 0.05) is 37.3 Å². The van der Waals surface area contributed by atoms with Crippen molar-refractivity contribution in [3.05, 3.63) is 71.8 Å². The van der Waals surface area contributed by atoms with Gasteiger partial charge in [0.1, 0.15) is 11.5 Å². The first-order valence-corrected chi connectivity index (χ1v) is 10.7. The molecule has 0 radical (unpaired) electrons. The third kappa shape index (κ3) is 5.78. The Balaban J connectivity index is 1.59. The van der Waals surface area contributed by atoms with Crippen molar-refractivity contribution >= 4 is 24.0 Å². The van der Waals surface area contributed by atoms with Crippen LogP contribution in [0.5, 0.6) is 11.5 Å². The number of ether oxygens (including phenoxy) is 2. The third-order valence-electron chi connectivity index (χ3n) is 5.62. The van der Waals surface area contributed by atoms with E-state index in [1.54, 1.807) is 38.5 Å². The zero-order valence-corrected chi connectivity index (χ0v) is 19.0. The predicted molar refractivity (Wildman–Crippen MR) is 126 cm³/mol. The Labute approximate surface area is 189 Å². The molecule has 0 spiro atoms. The van der Waals surface area contributed by atoms with E-state index in [0.29, 0.717) is 13.1 Å². The second kappa shape index (κ2) is 10.7. The molecule has 1 aliphatic rings. The van der Waals surface area contributed by atoms with Crippen molar-refractivity contribution < 1.29 is 19.1 Å². The van der Waals surface area contributed by atoms with Crippen LogP contribution >= 0.6 is 0 Å². The number of hydrogen-bond donors (Lipinski definition) is 0. The van der Waals surface area contributed by atoms with E-state index in [-0.39, 0.29) is 23.9 Å². The summed E-state index contributed by atoms with van der Waals surface area (Å²) in [6, 6.07) is 14.9. The SMILES string of the molecule is COc1ccc(C=CC(=O)N2CC(C)N(C(=O)C=Cc3ccc(OC)cc3)CC2C)cc1. The molecule has 32 heavy (non-hydrogen) atoms. The Morgan fingerprint density at radius 1 is 0.719 bits per heavy atom. The van der Waals surface area contributed by atoms with Crippen LogP contribution in [-0.2, 0) is 9.59 Å². The Bertz CT molecular complexity index is 898. The van der Waals surface area contributed by atoms with E-state index in [1.165, 1.54) is 0 Å². The Morgan fingerprint density at radius 3 is 1.38 bits per heavy atom. The summed E-state index contributed by atoms with van der Waals surface area (Å²) in [5.41, 5.74) is 1.86. The molecule has 0 N–H and O–H groups in total. The molecule has 1 saturated heterocycles. The molecule has 2 unspecified atom stereocenters. The van der Waals surface area contributed by atoms with Crippen LogP contribution in [0.1, 0.15) is 25.0 Å². The van der Waals surface area contributed by atoms with Gasteiger partial charge in [-0.2, -0.15) is 0 Å². The molecule has 6 heteroatoms. The predicted octanol–water partition coefficient (Wildman–Crippen LogP) is 3.88. The number of methoxy groups -OCH3 is 2. The largest absolute Gasteiger partial charge is 0.497 e. The fourth-order valence-electron chi connectivity index (χ4n) is 3.70. The van der Waals surface area contributed by atoms with Crippen LogP contribution in [-0.4, -0.2) is 61.0 Å². The van der Waals surface area contributed by atoms with E-state index in [4.69, 9.17) is 9.47 Å². The average molecular weight is 435 g/mol. The maximum Gasteiger partial charge on any atom is 0.246 e. The second-order valence-electron chi connectivity index (χ2n) is 7.89. The van der Waals surface area contributed by atoms with Gasteiger partial charge in [0.15, 0.2) is 0 Å². The summed E-state index contributed by atoms with van der Waals surface area (Å²) in [6.45, 7) is 4.93. The van der Waals surface area contributed by atoms with Crippen LogP contribution in [0.2, 0.25) is 0 Å². The fraction of sp³-hybridized carbons (Fsp3) is 0.308. The van der Waals surface area contributed by atoms with Crippen molar-refractivity contribution in [2.24, 2.45) is 0 Å². The maximum absolute atomic E-state index is 12.8. The number of benzene rings is 2. The van der Waals surface area contributed by atoms with Gasteiger partial charge in [-0.3, -0.25) is 9.59 Å². The van der Waals surface area contributed by atoms with Gasteiger partial charge >= 0.3 is 0 Å². The normalized spacial score (nSPS) is 18.9. The minimum Gasteiger partial charge on any atom is -0.497 e. The van der Waals surface area contributed by atoms with Gasteiger partial charge in [-0.15, -0.1) is 0 Å². The van der Waals surface area contributed by atoms with Gasteiger partial charge in [-0.1, -0.05) is 24.3 Å². The molecule has 2 atom stereocenters. The molecule has 0 aliphatic carbocycles. The van der Waals surface area contributed by atoms with Crippen molar-refractivity contribution in [2.45, 2.75) is 25.9 Å². The van der Waals surface area contributed by atoms with Gasteiger partial charge in [-0.25, -0.2) is 0 Å². The summed E-state index contributed by atoms with van der Waals surface area (Å²) in [5.74, 6) is 1.44. The lowest BCUT2D eigenvalue weighted by Crippen LogP contribution is -2.59. The van der Waals surface area contributed by atoms with Gasteiger partial charge in [0.25, 0.3) is 0 Å². The molecular weight excluding hydrogens is 404 g/mol. The number of hydrogen-bond acceptors (Lipinski definition) is 4. The summed E-state index contributed by atoms with van der Waals surface area (Å²) in [4.78, 5) is 29.2. The standard InChI is InChI=1S/C26H30N2O4/c1-19-17-28(26(30)16-10-22-7-13-24(32-4)14-8-22)20(2)18-27(19)25(29)15-9-21-5-11-23(31-3)12-6-21/h5-16,19-20H,17-18H2,1-4H3. The van der Waals surface area contributed by atoms with E-state index in [2.05, 4.69) is 0 Å². The number of amides is 2. The molecule has 2 aromatic carbocycles. The van der Waals surface area contributed by atoms with E-state index in [1.807, 2.05) is 72.2 Å². The summed E-state index contributed by atoms with van der Waals surface area (Å²) in [6.07, 6.45) is 6.78. The van der Waals surface area contributed by atoms with E-state index in [0.717, 1.165) is 22.6 Å². The molecule has 0 aromatic heterocycles. The van der Waals surface area contributed by atoms with E-state index in [9.17, 15) is 9.59 Å². The smallest absolute Gasteiger partial charge is 0.246 e. The number of nitrogens with zero attached hydrogens (tertiary/aromatic N) is 2. The first kappa shape index (κ1) is 23.1. The molecule has 2 aromatic rings. The molecule has 1 fully saturated rings. The highest BCUT2D eigenvalue weighted by Gasteiger charge is 2.32. The second-order valence-corrected chi connectivity index (χ2v) is 7.89. The van der Waals surface area contributed by atoms with Crippen molar-refractivity contribution in [1.29, 1.82) is 0 Å². The molecule has 1 heterocycles. The minimum atomic E-state index is -0.0717. The van der Waals surface area contributed by atoms with Crippen LogP contribution in [0.3, 0.4) is 0 Å². The highest BCUT2D eigenvalue weighted by atomic mass is 16.5. The lowest BCUT2D eigenvalue weighted by Gasteiger charge is -2.43. The van der Waals surface area contributed by atoms with Gasteiger partial charge < -0.3 is 19.3 Å². The van der Waals surface area contributed by atoms with E-state index < -0.39 is 0 Å². The van der Waals surface area contributed by atoms with Crippen LogP contribution in [0.25, 0.3) is 12.2 Å². The Kier molecular flexibility index (Phi) is 7.71. The molecule has 1 aliphatic heterocycles. The lowest BCUT2D eigenvalue weighted by molar-refractivity contribution is -0.139. The van der Waals surface area contributed by atoms with Crippen molar-refractivity contribution in [2.75, 3.05) is 27.3 Å². The monoisotopic (exact) mass is 434 g/mol. The Morgan fingerprint density at radius 2 is 1.06 bits per heavy atom. The summed E-state index contributed by atoms with van der Waals surface area (Å²) < 4.78 is 10.3. The molecule has 0 saturated carbocycles. The number of carbonyl (C=O) groups excluding carboxylic acids is 2. The molecular formula is C26H30N2O4. The van der Waals surface area contributed by atoms with Crippen LogP contribution in [0.4, 0.5) is 0 Å². The Hall–Kier alpha value is -3.54. The first-order valence-electron chi connectivity index (χ1n) is 10.7. The van der Waals surface area contributed by atoms with Crippen molar-refractivity contribution in [3.63, 3.8) is 0 Å². The maximum atomic E-state index is 12.8. The molecule has 0 bridgehead atoms. The molecule has 2 amide bonds. The van der Waals surface area contributed by atoms with Crippen LogP contribution in [0.15, 0.2) is 60.7 Å². The van der Waals surface area contributed by atoms with Gasteiger partial charge in [0.2, 0.25) is 11.8 Å². The molecule has 3 rings (SSSR count). The van der Waals surface area contributed by atoms with Crippen LogP contribution < -0.4 is 9.47 Å². The third-order valence-corrected chi connectivity index (χ3v) is 5.62. The topological polar surface area (TPSA) is 59.1 Å². The first-order chi connectivity index (χ1) is 15.4. The molecule has 168 valence electrons. The highest BCUT2D eigenvalue weighted by Crippen LogP contribution is 2.18. The summed E-state index contributed by atoms with van der Waals surface area (Å²) in [5, 5.41) is 0. The number of carbonyl (C=O) groups is 2. The summed E-state index contributed by atoms with van der Waals surface area (Å²) >= 11 is 0. The summed E-state index contributed by atoms with van der Waals surface area (Å²) in [7, 11) is 3.24. The lowest BCUT2D eigenvalue weighted by atomic mass is 10.1. The molecule has 6 nitrogen and oxygen atoms in total. The highest BCUT2D eigenvalue weighted by molar-refractivity contribution is 5.94. The average Bonchev–Trinajstić information content (AvgIpc) is 2.82. The van der Waals surface area contributed by atoms with E-state index >= 15 is 0 Å². The number of rotatable bonds is 6. The van der Waals surface area contributed by atoms with Gasteiger partial charge in [0.05, 0.1) is 14.2 Å². The van der Waals surface area contributed by atoms with Crippen LogP contribution in [0, 0.1) is 0 Å². The zero-order chi connectivity index (χ0) is 23.1. The van der Waals surface area contributed by atoms with Crippen molar-refractivity contribution in [1.82, 2.24) is 9.80 Å². The number of piperazine rings is 1. The van der Waals surface area contributed by atoms with Crippen molar-refractivity contribution in [3.8, 4) is 11.5 Å². The minimum absolute atomic E-state index is 0.0546. The quantitative estimate of drug-likeness (QED) is 0.648. The zero-order valence-electron chi connectivity index (χ0n) is 19.0. The fourth-order valence-corrected chi connectivity index (χ4v) is 3.70. The van der Waals surface area contributed by atoms with Gasteiger partial charge in [-0.05, 0) is 61.4 Å².